The summed E-state index contributed by atoms with van der Waals surface area (Å²) in [6.07, 6.45) is 0. The van der Waals surface area contributed by atoms with Gasteiger partial charge in [-0.1, -0.05) is 23.7 Å². The third kappa shape index (κ3) is 1.39. The van der Waals surface area contributed by atoms with Crippen molar-refractivity contribution in [2.45, 2.75) is 5.92 Å². The van der Waals surface area contributed by atoms with Gasteiger partial charge in [-0.15, -0.1) is 0 Å². The Morgan fingerprint density at radius 2 is 2.18 bits per heavy atom. The maximum absolute atomic E-state index is 5.83. The molecule has 0 N–H and O–H groups in total. The van der Waals surface area contributed by atoms with Crippen molar-refractivity contribution in [2.24, 2.45) is 0 Å². The summed E-state index contributed by atoms with van der Waals surface area (Å²) < 4.78 is 5.09. The topological polar surface area (TPSA) is 9.23 Å². The summed E-state index contributed by atoms with van der Waals surface area (Å²) in [7, 11) is 0. The zero-order chi connectivity index (χ0) is 7.68. The summed E-state index contributed by atoms with van der Waals surface area (Å²) in [5.41, 5.74) is 1.30. The van der Waals surface area contributed by atoms with Crippen LogP contribution in [0.3, 0.4) is 0 Å². The molecule has 2 rings (SSSR count). The second-order valence-corrected chi connectivity index (χ2v) is 3.23. The molecular weight excluding hydrogens is 160 g/mol. The van der Waals surface area contributed by atoms with Crippen molar-refractivity contribution in [2.75, 3.05) is 13.2 Å². The number of ether oxygens (including phenoxy) is 1. The largest absolute Gasteiger partial charge is 0.380 e. The van der Waals surface area contributed by atoms with E-state index in [9.17, 15) is 0 Å². The lowest BCUT2D eigenvalue weighted by molar-refractivity contribution is 0.00843. The highest BCUT2D eigenvalue weighted by Crippen LogP contribution is 2.25. The van der Waals surface area contributed by atoms with Gasteiger partial charge in [0.2, 0.25) is 0 Å². The third-order valence-corrected chi connectivity index (χ3v) is 2.19. The van der Waals surface area contributed by atoms with Crippen LogP contribution < -0.4 is 0 Å². The molecule has 2 heteroatoms. The van der Waals surface area contributed by atoms with Gasteiger partial charge in [-0.05, 0) is 17.7 Å². The first-order valence-electron chi connectivity index (χ1n) is 3.69. The molecule has 11 heavy (non-hydrogen) atoms. The van der Waals surface area contributed by atoms with E-state index < -0.39 is 0 Å². The third-order valence-electron chi connectivity index (χ3n) is 1.96. The Hall–Kier alpha value is -0.530. The van der Waals surface area contributed by atoms with Crippen LogP contribution in [0.25, 0.3) is 0 Å². The molecule has 1 aliphatic rings. The van der Waals surface area contributed by atoms with Gasteiger partial charge in [0.25, 0.3) is 0 Å². The summed E-state index contributed by atoms with van der Waals surface area (Å²) >= 11 is 5.83. The van der Waals surface area contributed by atoms with Crippen LogP contribution in [-0.2, 0) is 4.74 Å². The molecule has 0 unspecified atom stereocenters. The first-order chi connectivity index (χ1) is 5.36. The van der Waals surface area contributed by atoms with Crippen LogP contribution in [-0.4, -0.2) is 13.2 Å². The number of hydrogen-bond donors (Lipinski definition) is 0. The highest BCUT2D eigenvalue weighted by Gasteiger charge is 2.19. The fourth-order valence-electron chi connectivity index (χ4n) is 1.19. The van der Waals surface area contributed by atoms with E-state index in [0.717, 1.165) is 18.2 Å². The highest BCUT2D eigenvalue weighted by molar-refractivity contribution is 6.30. The molecule has 58 valence electrons. The molecule has 0 spiro atoms. The molecule has 0 saturated carbocycles. The lowest BCUT2D eigenvalue weighted by Gasteiger charge is -2.26. The number of benzene rings is 1. The molecule has 0 bridgehead atoms. The van der Waals surface area contributed by atoms with Crippen molar-refractivity contribution >= 4 is 11.6 Å². The van der Waals surface area contributed by atoms with Crippen LogP contribution in [0.1, 0.15) is 11.5 Å². The van der Waals surface area contributed by atoms with Gasteiger partial charge < -0.3 is 4.74 Å². The Morgan fingerprint density at radius 3 is 2.73 bits per heavy atom. The minimum Gasteiger partial charge on any atom is -0.380 e. The molecule has 0 atom stereocenters. The Labute approximate surface area is 70.9 Å². The summed E-state index contributed by atoms with van der Waals surface area (Å²) in [5, 5.41) is 0.814. The maximum atomic E-state index is 5.83. The van der Waals surface area contributed by atoms with Gasteiger partial charge in [-0.2, -0.15) is 0 Å². The van der Waals surface area contributed by atoms with Crippen LogP contribution >= 0.6 is 11.6 Å². The van der Waals surface area contributed by atoms with Crippen LogP contribution in [0.2, 0.25) is 5.02 Å². The highest BCUT2D eigenvalue weighted by atomic mass is 35.5. The number of halogens is 1. The zero-order valence-corrected chi connectivity index (χ0v) is 6.84. The molecule has 0 amide bonds. The van der Waals surface area contributed by atoms with E-state index in [1.54, 1.807) is 0 Å². The predicted molar refractivity (Wildman–Crippen MR) is 45.0 cm³/mol. The van der Waals surface area contributed by atoms with Gasteiger partial charge in [0.1, 0.15) is 0 Å². The molecule has 0 aromatic heterocycles. The molecule has 1 aromatic rings. The van der Waals surface area contributed by atoms with Crippen LogP contribution in [0, 0.1) is 0 Å². The van der Waals surface area contributed by atoms with E-state index in [1.807, 2.05) is 18.2 Å². The number of rotatable bonds is 1. The van der Waals surface area contributed by atoms with Gasteiger partial charge >= 0.3 is 0 Å². The van der Waals surface area contributed by atoms with Crippen molar-refractivity contribution < 1.29 is 4.74 Å². The minimum atomic E-state index is 0.577. The second kappa shape index (κ2) is 2.84. The average Bonchev–Trinajstić information content (AvgIpc) is 1.83. The van der Waals surface area contributed by atoms with Gasteiger partial charge in [-0.25, -0.2) is 0 Å². The fraction of sp³-hybridized carbons (Fsp3) is 0.333. The van der Waals surface area contributed by atoms with Gasteiger partial charge in [0.05, 0.1) is 13.2 Å². The summed E-state index contributed by atoms with van der Waals surface area (Å²) in [4.78, 5) is 0. The van der Waals surface area contributed by atoms with Crippen molar-refractivity contribution in [3.63, 3.8) is 0 Å². The van der Waals surface area contributed by atoms with E-state index in [4.69, 9.17) is 16.3 Å². The molecule has 0 radical (unpaired) electrons. The zero-order valence-electron chi connectivity index (χ0n) is 6.09. The van der Waals surface area contributed by atoms with Gasteiger partial charge in [0.15, 0.2) is 0 Å². The maximum Gasteiger partial charge on any atom is 0.0557 e. The molecular formula is C9H9ClO. The molecule has 1 fully saturated rings. The Morgan fingerprint density at radius 1 is 1.36 bits per heavy atom. The molecule has 0 aliphatic carbocycles. The first-order valence-corrected chi connectivity index (χ1v) is 4.07. The molecule has 1 aliphatic heterocycles. The average molecular weight is 169 g/mol. The number of hydrogen-bond acceptors (Lipinski definition) is 1. The molecule has 1 aromatic carbocycles. The lowest BCUT2D eigenvalue weighted by Crippen LogP contribution is -2.24. The lowest BCUT2D eigenvalue weighted by atomic mass is 9.98. The monoisotopic (exact) mass is 168 g/mol. The van der Waals surface area contributed by atoms with Crippen molar-refractivity contribution in [1.82, 2.24) is 0 Å². The fourth-order valence-corrected chi connectivity index (χ4v) is 1.39. The summed E-state index contributed by atoms with van der Waals surface area (Å²) in [5.74, 6) is 0.577. The van der Waals surface area contributed by atoms with E-state index in [2.05, 4.69) is 6.07 Å². The normalized spacial score (nSPS) is 17.9. The van der Waals surface area contributed by atoms with E-state index in [-0.39, 0.29) is 0 Å². The van der Waals surface area contributed by atoms with E-state index >= 15 is 0 Å². The summed E-state index contributed by atoms with van der Waals surface area (Å²) in [6, 6.07) is 7.98. The van der Waals surface area contributed by atoms with Crippen LogP contribution in [0.5, 0.6) is 0 Å². The Balaban J connectivity index is 2.23. The molecule has 1 saturated heterocycles. The smallest absolute Gasteiger partial charge is 0.0557 e. The van der Waals surface area contributed by atoms with Gasteiger partial charge in [0, 0.05) is 10.9 Å². The Kier molecular flexibility index (Phi) is 1.84. The van der Waals surface area contributed by atoms with E-state index in [0.29, 0.717) is 5.92 Å². The van der Waals surface area contributed by atoms with Crippen molar-refractivity contribution in [3.05, 3.63) is 34.9 Å². The SMILES string of the molecule is Clc1cccc(C2COC2)c1. The predicted octanol–water partition coefficient (Wildman–Crippen LogP) is 2.45. The molecule has 1 nitrogen and oxygen atoms in total. The molecule has 1 heterocycles. The van der Waals surface area contributed by atoms with Crippen molar-refractivity contribution in [3.8, 4) is 0 Å². The Bertz CT molecular complexity index is 255. The van der Waals surface area contributed by atoms with Crippen molar-refractivity contribution in [1.29, 1.82) is 0 Å². The quantitative estimate of drug-likeness (QED) is 0.626. The second-order valence-electron chi connectivity index (χ2n) is 2.79. The van der Waals surface area contributed by atoms with Crippen LogP contribution in [0.15, 0.2) is 24.3 Å². The minimum absolute atomic E-state index is 0.577. The van der Waals surface area contributed by atoms with E-state index in [1.165, 1.54) is 5.56 Å². The first kappa shape index (κ1) is 7.14. The van der Waals surface area contributed by atoms with Crippen LogP contribution in [0.4, 0.5) is 0 Å². The van der Waals surface area contributed by atoms with Gasteiger partial charge in [-0.3, -0.25) is 0 Å². The standard InChI is InChI=1S/C9H9ClO/c10-9-3-1-2-7(4-9)8-5-11-6-8/h1-4,8H,5-6H2. The summed E-state index contributed by atoms with van der Waals surface area (Å²) in [6.45, 7) is 1.70.